The van der Waals surface area contributed by atoms with Gasteiger partial charge in [0.05, 0.1) is 101 Å². The molecule has 0 bridgehead atoms. The summed E-state index contributed by atoms with van der Waals surface area (Å²) in [6, 6.07) is -1.57. The molecule has 6 rings (SSSR count). The lowest BCUT2D eigenvalue weighted by Gasteiger charge is -2.40. The fourth-order valence-corrected chi connectivity index (χ4v) is 19.0. The molecule has 6 heterocycles. The number of carbonyl (C=O) groups is 3. The number of β-amino-alcohol motifs (C(OH)–C–C–N with tert-alkyl or cyclic N) is 1. The Hall–Kier alpha value is -1.97. The number of unbranched alkanes of at least 4 members (excludes halogenated alkanes) is 24. The van der Waals surface area contributed by atoms with Crippen LogP contribution in [0.4, 0.5) is 0 Å². The van der Waals surface area contributed by atoms with E-state index >= 15 is 0 Å². The molecule has 23 atom stereocenters. The van der Waals surface area contributed by atoms with Gasteiger partial charge >= 0.3 is 15.2 Å². The van der Waals surface area contributed by atoms with Crippen molar-refractivity contribution < 1.29 is 127 Å². The molecule has 31 heteroatoms. The Balaban J connectivity index is 0.913. The lowest BCUT2D eigenvalue weighted by atomic mass is 9.92. The second-order valence-electron chi connectivity index (χ2n) is 32.4. The van der Waals surface area contributed by atoms with Gasteiger partial charge < -0.3 is 118 Å². The zero-order valence-corrected chi connectivity index (χ0v) is 67.5. The molecule has 29 nitrogen and oxygen atoms in total. The van der Waals surface area contributed by atoms with Gasteiger partial charge in [-0.05, 0) is 83.5 Å². The number of hydrogen-bond donors (Lipinski definition) is 12. The summed E-state index contributed by atoms with van der Waals surface area (Å²) in [6.45, 7) is 9.39. The summed E-state index contributed by atoms with van der Waals surface area (Å²) in [7, 11) is -8.67. The van der Waals surface area contributed by atoms with E-state index in [1.165, 1.54) is 0 Å². The maximum absolute atomic E-state index is 14.2. The number of rotatable bonds is 55. The van der Waals surface area contributed by atoms with Crippen molar-refractivity contribution in [2.75, 3.05) is 91.4 Å². The zero-order valence-electron chi connectivity index (χ0n) is 65.8. The molecule has 0 radical (unpaired) electrons. The first kappa shape index (κ1) is 94.9. The first-order valence-corrected chi connectivity index (χ1v) is 45.0. The van der Waals surface area contributed by atoms with Crippen molar-refractivity contribution in [2.45, 2.75) is 351 Å². The second-order valence-corrected chi connectivity index (χ2v) is 36.2. The first-order chi connectivity index (χ1) is 51.7. The average molecular weight is 1590 g/mol. The lowest BCUT2D eigenvalue weighted by molar-refractivity contribution is -0.282. The minimum Gasteiger partial charge on any atom is -0.394 e. The van der Waals surface area contributed by atoms with Crippen LogP contribution in [0.3, 0.4) is 0 Å². The molecule has 6 aliphatic rings. The molecule has 6 aliphatic heterocycles. The summed E-state index contributed by atoms with van der Waals surface area (Å²) in [4.78, 5) is 69.6. The number of likely N-dealkylation sites (tertiary alicyclic amines) is 3. The number of hydrogen-bond acceptors (Lipinski definition) is 24. The van der Waals surface area contributed by atoms with Gasteiger partial charge in [-0.15, -0.1) is 0 Å². The molecule has 6 fully saturated rings. The molecular weight excluding hydrogens is 1440 g/mol. The number of aliphatic hydroxyl groups excluding tert-OH is 10. The highest BCUT2D eigenvalue weighted by atomic mass is 31.2. The van der Waals surface area contributed by atoms with Gasteiger partial charge in [0.2, 0.25) is 17.7 Å². The van der Waals surface area contributed by atoms with Crippen LogP contribution in [0.1, 0.15) is 247 Å². The Morgan fingerprint density at radius 1 is 0.389 bits per heavy atom. The van der Waals surface area contributed by atoms with E-state index in [1.807, 2.05) is 13.8 Å². The molecule has 108 heavy (non-hydrogen) atoms. The highest BCUT2D eigenvalue weighted by Gasteiger charge is 2.47. The summed E-state index contributed by atoms with van der Waals surface area (Å²) in [5, 5.41) is 100. The molecule has 632 valence electrons. The highest BCUT2D eigenvalue weighted by molar-refractivity contribution is 7.53. The monoisotopic (exact) mass is 1590 g/mol. The third kappa shape index (κ3) is 32.6. The Morgan fingerprint density at radius 3 is 0.954 bits per heavy atom. The molecule has 3 amide bonds. The molecule has 0 aliphatic carbocycles. The van der Waals surface area contributed by atoms with Crippen LogP contribution in [-0.4, -0.2) is 289 Å². The van der Waals surface area contributed by atoms with Gasteiger partial charge in [0.1, 0.15) is 36.6 Å². The van der Waals surface area contributed by atoms with Crippen LogP contribution in [0, 0.1) is 29.6 Å². The maximum Gasteiger partial charge on any atom is 0.328 e. The lowest BCUT2D eigenvalue weighted by Crippen LogP contribution is -2.55. The van der Waals surface area contributed by atoms with Gasteiger partial charge in [0, 0.05) is 76.5 Å². The normalized spacial score (nSPS) is 32.3. The molecular formula is C77H143N3O26P2. The van der Waals surface area contributed by atoms with Crippen LogP contribution in [0.5, 0.6) is 0 Å². The summed E-state index contributed by atoms with van der Waals surface area (Å²) in [5.74, 6) is -2.53. The van der Waals surface area contributed by atoms with Crippen LogP contribution in [0.2, 0.25) is 0 Å². The molecule has 0 aromatic heterocycles. The highest BCUT2D eigenvalue weighted by Crippen LogP contribution is 2.50. The van der Waals surface area contributed by atoms with Gasteiger partial charge in [0.25, 0.3) is 0 Å². The molecule has 0 aromatic rings. The van der Waals surface area contributed by atoms with E-state index in [0.29, 0.717) is 51.9 Å². The van der Waals surface area contributed by atoms with E-state index in [9.17, 15) is 84.4 Å². The van der Waals surface area contributed by atoms with Crippen molar-refractivity contribution in [3.05, 3.63) is 0 Å². The van der Waals surface area contributed by atoms with E-state index in [2.05, 4.69) is 0 Å². The average Bonchev–Trinajstić information content (AvgIpc) is 1.02. The summed E-state index contributed by atoms with van der Waals surface area (Å²) in [5.41, 5.74) is 0. The molecule has 9 unspecified atom stereocenters. The van der Waals surface area contributed by atoms with Crippen LogP contribution >= 0.6 is 15.2 Å². The van der Waals surface area contributed by atoms with Gasteiger partial charge in [0.15, 0.2) is 18.9 Å². The number of nitrogens with zero attached hydrogens (tertiary/aromatic N) is 3. The SMILES string of the molecule is CC(C)OC[C@@H]1CC(CP(=O)(O)OC[C@@H]2C[C@@H](CP(=O)(O)OC[C@@H]3C[C@@H](O)CN3C(=O)CCCCCCCCCCCO[C@@H]3OC(CO)[C@H](O)[C@H](O)C3C)CN2C(=O)CCCCCCCCCCCO[C@@H]2OC(CO)[C@H](O)[C@H](O)C2C)CN1C(=O)CCCCCCCCCCCO[C@@H]1OC(CO)[C@H](O)[C@H](O)C1C. The Morgan fingerprint density at radius 2 is 0.657 bits per heavy atom. The Kier molecular flexibility index (Phi) is 44.4. The smallest absolute Gasteiger partial charge is 0.328 e. The molecule has 0 aromatic carbocycles. The third-order valence-electron chi connectivity index (χ3n) is 22.9. The van der Waals surface area contributed by atoms with Crippen molar-refractivity contribution >= 4 is 32.9 Å². The topological polar surface area (TPSA) is 421 Å². The second kappa shape index (κ2) is 50.5. The van der Waals surface area contributed by atoms with E-state index in [0.717, 1.165) is 154 Å². The van der Waals surface area contributed by atoms with E-state index in [1.54, 1.807) is 35.5 Å². The van der Waals surface area contributed by atoms with Crippen molar-refractivity contribution in [3.63, 3.8) is 0 Å². The fourth-order valence-electron chi connectivity index (χ4n) is 16.1. The van der Waals surface area contributed by atoms with Gasteiger partial charge in [-0.2, -0.15) is 0 Å². The minimum atomic E-state index is -4.35. The van der Waals surface area contributed by atoms with Crippen LogP contribution in [0.15, 0.2) is 0 Å². The Bertz CT molecular complexity index is 2590. The van der Waals surface area contributed by atoms with Crippen molar-refractivity contribution in [2.24, 2.45) is 29.6 Å². The minimum absolute atomic E-state index is 0.0229. The first-order valence-electron chi connectivity index (χ1n) is 41.5. The summed E-state index contributed by atoms with van der Waals surface area (Å²) < 4.78 is 80.3. The number of amides is 3. The van der Waals surface area contributed by atoms with Crippen LogP contribution in [-0.2, 0) is 65.7 Å². The zero-order chi connectivity index (χ0) is 78.8. The molecule has 0 spiro atoms. The Labute approximate surface area is 643 Å². The van der Waals surface area contributed by atoms with E-state index < -0.39 is 151 Å². The largest absolute Gasteiger partial charge is 0.394 e. The number of carbonyl (C=O) groups excluding carboxylic acids is 3. The van der Waals surface area contributed by atoms with Gasteiger partial charge in [-0.25, -0.2) is 0 Å². The van der Waals surface area contributed by atoms with Crippen molar-refractivity contribution in [3.8, 4) is 0 Å². The molecule has 12 N–H and O–H groups in total. The third-order valence-corrected chi connectivity index (χ3v) is 26.0. The van der Waals surface area contributed by atoms with E-state index in [4.69, 9.17) is 42.2 Å². The maximum atomic E-state index is 14.2. The predicted octanol–water partition coefficient (Wildman–Crippen LogP) is 7.19. The van der Waals surface area contributed by atoms with Crippen molar-refractivity contribution in [1.29, 1.82) is 0 Å². The number of aliphatic hydroxyl groups is 10. The summed E-state index contributed by atoms with van der Waals surface area (Å²) in [6.07, 6.45) is 14.0. The van der Waals surface area contributed by atoms with Crippen molar-refractivity contribution in [1.82, 2.24) is 14.7 Å². The predicted molar refractivity (Wildman–Crippen MR) is 403 cm³/mol. The van der Waals surface area contributed by atoms with E-state index in [-0.39, 0.29) is 113 Å². The fraction of sp³-hybridized carbons (Fsp3) is 0.961. The van der Waals surface area contributed by atoms with Crippen LogP contribution < -0.4 is 0 Å². The van der Waals surface area contributed by atoms with Crippen LogP contribution in [0.25, 0.3) is 0 Å². The standard InChI is InChI=1S/C77H143N3O26P2/c1-53(2)101-48-59-39-57(42-78(59)66(85)33-27-21-15-9-6-12-18-24-30-36-98-75-54(3)69(88)72(91)63(45-81)104-75)51-107(94,95)102-49-60-40-58(43-79(60)67(86)34-28-22-16-10-7-13-19-25-31-37-99-76-55(4)70(89)73(92)64(46-82)105-76)52-108(96,97)103-50-61-41-62(84)44-80(61)68(87)35-29-23-17-11-8-14-20-26-32-38-100-77-56(5)71(90)74(93)65(47-83)106-77/h53-65,69-77,81-84,88-93H,6-52H2,1-5H3,(H,94,95)(H,96,97)/t54?,55?,56?,57?,58-,59+,60+,61+,62-,63?,64?,65?,69-,70-,71-,72+,73+,74+,75-,76-,77-/m1/s1. The quantitative estimate of drug-likeness (QED) is 0.0212. The van der Waals surface area contributed by atoms with Gasteiger partial charge in [-0.3, -0.25) is 23.5 Å². The summed E-state index contributed by atoms with van der Waals surface area (Å²) >= 11 is 0. The molecule has 0 saturated carbocycles. The van der Waals surface area contributed by atoms with Gasteiger partial charge in [-0.1, -0.05) is 156 Å². The molecule has 6 saturated heterocycles. The number of ether oxygens (including phenoxy) is 7.